The summed E-state index contributed by atoms with van der Waals surface area (Å²) in [7, 11) is 0. The van der Waals surface area contributed by atoms with Gasteiger partial charge in [-0.05, 0) is 99.2 Å². The van der Waals surface area contributed by atoms with Gasteiger partial charge in [-0.2, -0.15) is 0 Å². The Bertz CT molecular complexity index is 807. The van der Waals surface area contributed by atoms with E-state index in [0.29, 0.717) is 42.3 Å². The summed E-state index contributed by atoms with van der Waals surface area (Å²) in [5.41, 5.74) is 1.48. The van der Waals surface area contributed by atoms with Gasteiger partial charge in [-0.3, -0.25) is 4.84 Å². The van der Waals surface area contributed by atoms with Gasteiger partial charge in [-0.25, -0.2) is 9.18 Å². The number of hydrogen-bond acceptors (Lipinski definition) is 5. The summed E-state index contributed by atoms with van der Waals surface area (Å²) in [5, 5.41) is 17.9. The van der Waals surface area contributed by atoms with E-state index in [9.17, 15) is 14.3 Å². The molecule has 0 unspecified atom stereocenters. The highest BCUT2D eigenvalue weighted by molar-refractivity contribution is 5.85. The molecule has 0 saturated heterocycles. The maximum atomic E-state index is 13.0. The molecule has 0 aliphatic heterocycles. The van der Waals surface area contributed by atoms with Crippen molar-refractivity contribution in [2.24, 2.45) is 45.6 Å². The number of rotatable bonds is 8. The van der Waals surface area contributed by atoms with Gasteiger partial charge in [-0.15, -0.1) is 0 Å². The predicted octanol–water partition coefficient (Wildman–Crippen LogP) is 5.79. The monoisotopic (exact) mass is 507 g/mol. The minimum absolute atomic E-state index is 0.0241. The molecule has 4 aliphatic carbocycles. The lowest BCUT2D eigenvalue weighted by atomic mass is 9.44. The highest BCUT2D eigenvalue weighted by Gasteiger charge is 2.60. The average molecular weight is 508 g/mol. The van der Waals surface area contributed by atoms with Gasteiger partial charge in [0.25, 0.3) is 0 Å². The molecule has 4 rings (SSSR count). The lowest BCUT2D eigenvalue weighted by molar-refractivity contribution is -0.123. The standard InChI is InChI=1S/C29H50FN3O3/c1-19(2)31-15-17-33(16-14-30)27(35)36-32-20(3)24-8-9-25-23-7-6-21-18-22(34)10-12-28(21,4)26(23)11-13-29(24,25)5/h19,21-26,31,34H,6-18H2,1-5H3/b32-20+/t21-,22+,23+,24-,25+,26+,28+,29-/m1/s1. The summed E-state index contributed by atoms with van der Waals surface area (Å²) < 4.78 is 13.0. The lowest BCUT2D eigenvalue weighted by Crippen LogP contribution is -2.54. The van der Waals surface area contributed by atoms with Crippen molar-refractivity contribution in [3.8, 4) is 0 Å². The molecule has 206 valence electrons. The van der Waals surface area contributed by atoms with Gasteiger partial charge in [-0.1, -0.05) is 32.9 Å². The largest absolute Gasteiger partial charge is 0.436 e. The summed E-state index contributed by atoms with van der Waals surface area (Å²) in [6, 6.07) is 0.307. The highest BCUT2D eigenvalue weighted by Crippen LogP contribution is 2.67. The third-order valence-electron chi connectivity index (χ3n) is 11.0. The number of carbonyl (C=O) groups is 1. The number of amides is 1. The fourth-order valence-corrected chi connectivity index (χ4v) is 9.04. The molecular weight excluding hydrogens is 457 g/mol. The molecule has 4 saturated carbocycles. The second-order valence-electron chi connectivity index (χ2n) is 13.1. The zero-order valence-electron chi connectivity index (χ0n) is 23.3. The fraction of sp³-hybridized carbons (Fsp3) is 0.931. The third-order valence-corrected chi connectivity index (χ3v) is 11.0. The molecule has 4 fully saturated rings. The Balaban J connectivity index is 1.40. The number of aliphatic hydroxyl groups is 1. The number of nitrogens with one attached hydrogen (secondary N) is 1. The molecule has 0 bridgehead atoms. The Hall–Kier alpha value is -1.21. The number of hydrogen-bond donors (Lipinski definition) is 2. The number of carbonyl (C=O) groups excluding carboxylic acids is 1. The number of aliphatic hydroxyl groups excluding tert-OH is 1. The van der Waals surface area contributed by atoms with Gasteiger partial charge in [0.05, 0.1) is 18.4 Å². The van der Waals surface area contributed by atoms with Crippen LogP contribution in [0.15, 0.2) is 5.16 Å². The molecule has 0 heterocycles. The first-order chi connectivity index (χ1) is 17.1. The molecule has 6 nitrogen and oxygen atoms in total. The number of alkyl halides is 1. The number of halogens is 1. The zero-order chi connectivity index (χ0) is 26.1. The van der Waals surface area contributed by atoms with E-state index in [0.717, 1.165) is 36.8 Å². The van der Waals surface area contributed by atoms with Crippen molar-refractivity contribution in [3.05, 3.63) is 0 Å². The van der Waals surface area contributed by atoms with Gasteiger partial charge in [0, 0.05) is 25.0 Å². The van der Waals surface area contributed by atoms with Crippen LogP contribution >= 0.6 is 0 Å². The third kappa shape index (κ3) is 5.34. The number of fused-ring (bicyclic) bond motifs is 5. The van der Waals surface area contributed by atoms with Crippen LogP contribution in [0.2, 0.25) is 0 Å². The van der Waals surface area contributed by atoms with Gasteiger partial charge in [0.15, 0.2) is 0 Å². The quantitative estimate of drug-likeness (QED) is 0.248. The van der Waals surface area contributed by atoms with E-state index in [1.807, 2.05) is 20.8 Å². The van der Waals surface area contributed by atoms with Gasteiger partial charge in [0.2, 0.25) is 0 Å². The molecule has 36 heavy (non-hydrogen) atoms. The van der Waals surface area contributed by atoms with E-state index in [-0.39, 0.29) is 18.1 Å². The van der Waals surface area contributed by atoms with E-state index in [4.69, 9.17) is 4.84 Å². The summed E-state index contributed by atoms with van der Waals surface area (Å²) in [6.07, 6.45) is 9.80. The second-order valence-corrected chi connectivity index (χ2v) is 13.1. The average Bonchev–Trinajstić information content (AvgIpc) is 3.19. The number of nitrogens with zero attached hydrogens (tertiary/aromatic N) is 2. The predicted molar refractivity (Wildman–Crippen MR) is 142 cm³/mol. The van der Waals surface area contributed by atoms with E-state index >= 15 is 0 Å². The maximum absolute atomic E-state index is 13.0. The van der Waals surface area contributed by atoms with Crippen molar-refractivity contribution >= 4 is 11.8 Å². The smallest absolute Gasteiger partial charge is 0.393 e. The zero-order valence-corrected chi connectivity index (χ0v) is 23.3. The van der Waals surface area contributed by atoms with Crippen molar-refractivity contribution in [1.82, 2.24) is 10.2 Å². The molecule has 0 radical (unpaired) electrons. The minimum Gasteiger partial charge on any atom is -0.393 e. The summed E-state index contributed by atoms with van der Waals surface area (Å²) in [5.74, 6) is 3.22. The van der Waals surface area contributed by atoms with Crippen molar-refractivity contribution in [2.75, 3.05) is 26.3 Å². The molecule has 2 N–H and O–H groups in total. The second kappa shape index (κ2) is 11.3. The van der Waals surface area contributed by atoms with Gasteiger partial charge >= 0.3 is 6.09 Å². The molecular formula is C29H50FN3O3. The molecule has 0 aromatic carbocycles. The maximum Gasteiger partial charge on any atom is 0.436 e. The van der Waals surface area contributed by atoms with Crippen molar-refractivity contribution in [3.63, 3.8) is 0 Å². The van der Waals surface area contributed by atoms with E-state index in [1.54, 1.807) is 0 Å². The summed E-state index contributed by atoms with van der Waals surface area (Å²) in [6.45, 7) is 11.5. The van der Waals surface area contributed by atoms with Crippen LogP contribution in [-0.4, -0.2) is 60.3 Å². The van der Waals surface area contributed by atoms with E-state index in [1.165, 1.54) is 43.4 Å². The van der Waals surface area contributed by atoms with Crippen LogP contribution in [0, 0.1) is 40.4 Å². The van der Waals surface area contributed by atoms with Crippen LogP contribution < -0.4 is 5.32 Å². The van der Waals surface area contributed by atoms with Crippen LogP contribution in [0.25, 0.3) is 0 Å². The first-order valence-corrected chi connectivity index (χ1v) is 14.6. The highest BCUT2D eigenvalue weighted by atomic mass is 19.1. The molecule has 0 aromatic rings. The summed E-state index contributed by atoms with van der Waals surface area (Å²) >= 11 is 0. The first-order valence-electron chi connectivity index (χ1n) is 14.6. The molecule has 4 aliphatic rings. The number of oxime groups is 1. The Labute approximate surface area is 217 Å². The Morgan fingerprint density at radius 2 is 1.81 bits per heavy atom. The normalized spacial score (nSPS) is 40.4. The Morgan fingerprint density at radius 1 is 1.08 bits per heavy atom. The van der Waals surface area contributed by atoms with Crippen molar-refractivity contribution in [2.45, 2.75) is 105 Å². The van der Waals surface area contributed by atoms with Crippen molar-refractivity contribution in [1.29, 1.82) is 0 Å². The lowest BCUT2D eigenvalue weighted by Gasteiger charge is -2.61. The minimum atomic E-state index is -0.594. The Morgan fingerprint density at radius 3 is 2.53 bits per heavy atom. The van der Waals surface area contributed by atoms with Crippen LogP contribution in [0.5, 0.6) is 0 Å². The molecule has 0 spiro atoms. The van der Waals surface area contributed by atoms with E-state index in [2.05, 4.69) is 24.3 Å². The van der Waals surface area contributed by atoms with Gasteiger partial charge in [0.1, 0.15) is 6.67 Å². The Kier molecular flexibility index (Phi) is 8.70. The molecule has 1 amide bonds. The fourth-order valence-electron chi connectivity index (χ4n) is 9.04. The molecule has 7 heteroatoms. The SMILES string of the molecule is C/C(=N\OC(=O)N(CCF)CCNC(C)C)[C@H]1CC[C@H]2[C@@H]3CC[C@@H]4C[C@@H](O)CC[C@]4(C)[C@H]3CC[C@]12C. The first kappa shape index (κ1) is 27.8. The van der Waals surface area contributed by atoms with Crippen LogP contribution in [0.4, 0.5) is 9.18 Å². The molecule has 0 aromatic heterocycles. The van der Waals surface area contributed by atoms with Gasteiger partial charge < -0.3 is 15.3 Å². The van der Waals surface area contributed by atoms with Crippen molar-refractivity contribution < 1.29 is 19.1 Å². The van der Waals surface area contributed by atoms with E-state index < -0.39 is 12.8 Å². The van der Waals surface area contributed by atoms with Crippen LogP contribution in [-0.2, 0) is 4.84 Å². The summed E-state index contributed by atoms with van der Waals surface area (Å²) in [4.78, 5) is 19.4. The van der Waals surface area contributed by atoms with Crippen LogP contribution in [0.3, 0.4) is 0 Å². The topological polar surface area (TPSA) is 74.2 Å². The molecule has 8 atom stereocenters. The van der Waals surface area contributed by atoms with Crippen LogP contribution in [0.1, 0.15) is 92.4 Å².